The zero-order valence-corrected chi connectivity index (χ0v) is 67.7. The van der Waals surface area contributed by atoms with Crippen LogP contribution in [-0.4, -0.2) is 117 Å². The average molecular weight is 1590 g/mol. The fourth-order valence-electron chi connectivity index (χ4n) is 13.4. The number of benzene rings is 8. The van der Waals surface area contributed by atoms with Gasteiger partial charge in [0.05, 0.1) is 87.9 Å². The number of carbonyl (C=O) groups excluding carboxylic acids is 5. The highest BCUT2D eigenvalue weighted by Crippen LogP contribution is 2.72. The summed E-state index contributed by atoms with van der Waals surface area (Å²) in [5.41, 5.74) is 6.63. The molecule has 0 aromatic heterocycles. The van der Waals surface area contributed by atoms with Crippen molar-refractivity contribution >= 4 is 60.0 Å². The van der Waals surface area contributed by atoms with Crippen molar-refractivity contribution in [2.45, 2.75) is 90.4 Å². The summed E-state index contributed by atoms with van der Waals surface area (Å²) in [7, 11) is -8.86. The van der Waals surface area contributed by atoms with Crippen molar-refractivity contribution in [1.29, 1.82) is 0 Å². The molecule has 4 aliphatic heterocycles. The molecule has 30 heteroatoms. The van der Waals surface area contributed by atoms with E-state index in [-0.39, 0.29) is 82.5 Å². The van der Waals surface area contributed by atoms with Gasteiger partial charge < -0.3 is 81.1 Å². The van der Waals surface area contributed by atoms with Crippen molar-refractivity contribution in [3.05, 3.63) is 261 Å². The lowest BCUT2D eigenvalue weighted by Gasteiger charge is -2.36. The van der Waals surface area contributed by atoms with Gasteiger partial charge in [0.1, 0.15) is 23.0 Å². The predicted molar refractivity (Wildman–Crippen MR) is 416 cm³/mol. The third kappa shape index (κ3) is 16.8. The SMILES string of the molecule is CCOC(C)=O.CCOP(=O)(OCC)[C@@]1(c2ccc(OC)cc2)NC(=O)c2ccccc21.CCOP(=O)(OCC)[C@@]1(c2ccc(OC)cc2)NC(=O)c2ccccc21.CCOP(=O)(OCC)[C@@]1(c2ccc(OC)cc2)NC(=O)c2ccccc21.CCOP(=O)(OCC)[C@@]1(c2ccc(OC)cc2)NC(=O)c2ccccc21. The van der Waals surface area contributed by atoms with Crippen LogP contribution in [0.25, 0.3) is 0 Å². The summed E-state index contributed by atoms with van der Waals surface area (Å²) in [6.07, 6.45) is 0. The first-order chi connectivity index (χ1) is 52.8. The number of carbonyl (C=O) groups is 5. The van der Waals surface area contributed by atoms with Crippen LogP contribution in [0, 0.1) is 0 Å². The number of methoxy groups -OCH3 is 4. The van der Waals surface area contributed by atoms with E-state index in [2.05, 4.69) is 26.0 Å². The van der Waals surface area contributed by atoms with Crippen LogP contribution in [0.4, 0.5) is 0 Å². The van der Waals surface area contributed by atoms with Gasteiger partial charge in [-0.1, -0.05) is 121 Å². The van der Waals surface area contributed by atoms with E-state index < -0.39 is 51.5 Å². The van der Waals surface area contributed by atoms with Crippen LogP contribution in [0.2, 0.25) is 0 Å². The van der Waals surface area contributed by atoms with Crippen LogP contribution in [0.1, 0.15) is 155 Å². The molecule has 12 rings (SSSR count). The summed E-state index contributed by atoms with van der Waals surface area (Å²) in [6.45, 7) is 19.1. The second-order valence-electron chi connectivity index (χ2n) is 24.0. The quantitative estimate of drug-likeness (QED) is 0.0250. The Balaban J connectivity index is 0.000000180. The van der Waals surface area contributed by atoms with E-state index in [1.54, 1.807) is 285 Å². The molecule has 110 heavy (non-hydrogen) atoms. The summed E-state index contributed by atoms with van der Waals surface area (Å²) >= 11 is 0. The Kier molecular flexibility index (Phi) is 30.1. The number of rotatable bonds is 29. The van der Waals surface area contributed by atoms with E-state index in [1.807, 2.05) is 0 Å². The van der Waals surface area contributed by atoms with Crippen molar-refractivity contribution in [1.82, 2.24) is 21.3 Å². The highest BCUT2D eigenvalue weighted by atomic mass is 31.2. The zero-order valence-electron chi connectivity index (χ0n) is 64.1. The molecular weight excluding hydrogens is 1490 g/mol. The van der Waals surface area contributed by atoms with Crippen molar-refractivity contribution < 1.29 is 102 Å². The number of hydrogen-bond donors (Lipinski definition) is 4. The first-order valence-corrected chi connectivity index (χ1v) is 42.0. The summed E-state index contributed by atoms with van der Waals surface area (Å²) in [4.78, 5) is 60.5. The van der Waals surface area contributed by atoms with Gasteiger partial charge in [0, 0.05) is 51.4 Å². The van der Waals surface area contributed by atoms with Crippen LogP contribution in [0.5, 0.6) is 23.0 Å². The first kappa shape index (κ1) is 86.5. The minimum absolute atomic E-state index is 0.188. The minimum Gasteiger partial charge on any atom is -0.497 e. The molecule has 4 aliphatic rings. The minimum atomic E-state index is -3.79. The smallest absolute Gasteiger partial charge is 0.365 e. The molecule has 0 aliphatic carbocycles. The van der Waals surface area contributed by atoms with E-state index in [0.29, 0.717) is 96.4 Å². The largest absolute Gasteiger partial charge is 0.497 e. The standard InChI is InChI=1S/4C19H22NO5P.C4H8O2/c4*1-4-24-26(22,25-5-2)19(14-10-12-15(23-3)13-11-14)17-9-7-6-8-16(17)18(21)20-19;1-3-6-4(2)5/h4*6-13H,4-5H2,1-3H3,(H,20,21);3H2,1-2H3/t4*19-;/m1111./s1. The van der Waals surface area contributed by atoms with E-state index in [1.165, 1.54) is 6.92 Å². The number of ether oxygens (including phenoxy) is 5. The number of nitrogens with one attached hydrogen (secondary N) is 4. The van der Waals surface area contributed by atoms with Gasteiger partial charge in [-0.2, -0.15) is 0 Å². The van der Waals surface area contributed by atoms with Crippen molar-refractivity contribution in [2.75, 3.05) is 87.9 Å². The zero-order chi connectivity index (χ0) is 80.1. The Hall–Kier alpha value is -9.09. The lowest BCUT2D eigenvalue weighted by Crippen LogP contribution is -2.41. The lowest BCUT2D eigenvalue weighted by atomic mass is 9.97. The molecule has 4 atom stereocenters. The van der Waals surface area contributed by atoms with Gasteiger partial charge in [-0.15, -0.1) is 0 Å². The van der Waals surface area contributed by atoms with Crippen molar-refractivity contribution in [3.63, 3.8) is 0 Å². The predicted octanol–water partition coefficient (Wildman–Crippen LogP) is 16.2. The van der Waals surface area contributed by atoms with Gasteiger partial charge in [-0.3, -0.25) is 42.2 Å². The second-order valence-corrected chi connectivity index (χ2v) is 32.7. The number of hydrogen-bond acceptors (Lipinski definition) is 22. The molecule has 0 saturated heterocycles. The lowest BCUT2D eigenvalue weighted by molar-refractivity contribution is -0.140. The molecule has 4 N–H and O–H groups in total. The van der Waals surface area contributed by atoms with Crippen molar-refractivity contribution in [3.8, 4) is 23.0 Å². The molecule has 0 bridgehead atoms. The van der Waals surface area contributed by atoms with E-state index >= 15 is 0 Å². The molecule has 0 unspecified atom stereocenters. The third-order valence-electron chi connectivity index (χ3n) is 17.8. The van der Waals surface area contributed by atoms with Gasteiger partial charge in [-0.25, -0.2) is 0 Å². The Morgan fingerprint density at radius 3 is 0.591 bits per heavy atom. The topological polar surface area (TPSA) is 322 Å². The molecule has 0 radical (unpaired) electrons. The van der Waals surface area contributed by atoms with Gasteiger partial charge in [0.2, 0.25) is 0 Å². The Bertz CT molecular complexity index is 4090. The third-order valence-corrected chi connectivity index (χ3v) is 28.4. The van der Waals surface area contributed by atoms with Crippen LogP contribution < -0.4 is 40.2 Å². The summed E-state index contributed by atoms with van der Waals surface area (Å²) in [6, 6.07) is 56.5. The highest BCUT2D eigenvalue weighted by Gasteiger charge is 2.63. The summed E-state index contributed by atoms with van der Waals surface area (Å²) < 4.78 is 126. The normalized spacial score (nSPS) is 18.5. The molecule has 8 aromatic carbocycles. The molecule has 8 aromatic rings. The van der Waals surface area contributed by atoms with E-state index in [9.17, 15) is 42.2 Å². The Labute approximate surface area is 642 Å². The van der Waals surface area contributed by atoms with E-state index in [0.717, 1.165) is 0 Å². The molecule has 0 saturated carbocycles. The fraction of sp³-hybridized carbons (Fsp3) is 0.338. The maximum atomic E-state index is 13.9. The molecule has 4 amide bonds. The molecule has 26 nitrogen and oxygen atoms in total. The number of esters is 1. The first-order valence-electron chi connectivity index (χ1n) is 35.8. The van der Waals surface area contributed by atoms with Crippen LogP contribution in [0.3, 0.4) is 0 Å². The monoisotopic (exact) mass is 1590 g/mol. The van der Waals surface area contributed by atoms with E-state index in [4.69, 9.17) is 55.1 Å². The number of fused-ring (bicyclic) bond motifs is 4. The van der Waals surface area contributed by atoms with Crippen molar-refractivity contribution in [2.24, 2.45) is 0 Å². The molecule has 588 valence electrons. The Morgan fingerprint density at radius 2 is 0.455 bits per heavy atom. The molecule has 0 spiro atoms. The second kappa shape index (κ2) is 38.2. The number of amides is 4. The molecule has 0 fully saturated rings. The van der Waals surface area contributed by atoms with Crippen LogP contribution in [-0.2, 0) is 85.1 Å². The van der Waals surface area contributed by atoms with Gasteiger partial charge in [0.25, 0.3) is 23.6 Å². The molecular formula is C80H96N4O22P4. The maximum absolute atomic E-state index is 13.9. The molecule has 4 heterocycles. The summed E-state index contributed by atoms with van der Waals surface area (Å²) in [5, 5.41) is 6.00. The average Bonchev–Trinajstić information content (AvgIpc) is 1.55. The van der Waals surface area contributed by atoms with Gasteiger partial charge in [0.15, 0.2) is 21.1 Å². The van der Waals surface area contributed by atoms with Crippen LogP contribution in [0.15, 0.2) is 194 Å². The van der Waals surface area contributed by atoms with Crippen LogP contribution >= 0.6 is 30.4 Å². The van der Waals surface area contributed by atoms with Gasteiger partial charge >= 0.3 is 36.4 Å². The fourth-order valence-corrected chi connectivity index (χ4v) is 22.7. The highest BCUT2D eigenvalue weighted by molar-refractivity contribution is 7.56. The van der Waals surface area contributed by atoms with Gasteiger partial charge in [-0.05, 0) is 157 Å². The summed E-state index contributed by atoms with van der Waals surface area (Å²) in [5.74, 6) is 1.18. The maximum Gasteiger partial charge on any atom is 0.365 e. The Morgan fingerprint density at radius 1 is 0.282 bits per heavy atom.